The summed E-state index contributed by atoms with van der Waals surface area (Å²) in [4.78, 5) is 11.5. The van der Waals surface area contributed by atoms with E-state index in [4.69, 9.17) is 14.2 Å². The van der Waals surface area contributed by atoms with Gasteiger partial charge in [0.15, 0.2) is 23.3 Å². The van der Waals surface area contributed by atoms with Crippen LogP contribution in [0.4, 0.5) is 22.0 Å². The van der Waals surface area contributed by atoms with Crippen LogP contribution in [-0.2, 0) is 14.3 Å². The molecule has 10 heteroatoms. The van der Waals surface area contributed by atoms with Crippen molar-refractivity contribution in [1.29, 1.82) is 0 Å². The number of carboxylic acids is 1. The zero-order valence-electron chi connectivity index (χ0n) is 13.4. The van der Waals surface area contributed by atoms with Crippen molar-refractivity contribution in [2.24, 2.45) is 0 Å². The summed E-state index contributed by atoms with van der Waals surface area (Å²) in [5, 5.41) is 9.29. The quantitative estimate of drug-likeness (QED) is 0.826. The van der Waals surface area contributed by atoms with Gasteiger partial charge in [0.2, 0.25) is 5.82 Å². The first-order chi connectivity index (χ1) is 11.5. The second kappa shape index (κ2) is 6.41. The molecule has 1 saturated heterocycles. The van der Waals surface area contributed by atoms with Crippen LogP contribution in [0.2, 0.25) is 0 Å². The molecule has 2 rings (SSSR count). The highest BCUT2D eigenvalue weighted by Crippen LogP contribution is 2.52. The SMILES string of the molecule is COc1c([C@@H]2[C@H](C(=O)O)O[C@@](C)(C(F)(F)F)[C@H]2OC)ccc(F)c1F. The second-order valence-electron chi connectivity index (χ2n) is 5.65. The van der Waals surface area contributed by atoms with E-state index in [1.807, 2.05) is 0 Å². The van der Waals surface area contributed by atoms with Gasteiger partial charge in [0.1, 0.15) is 6.10 Å². The van der Waals surface area contributed by atoms with Crippen LogP contribution < -0.4 is 4.74 Å². The molecule has 1 N–H and O–H groups in total. The van der Waals surface area contributed by atoms with Gasteiger partial charge in [-0.25, -0.2) is 9.18 Å². The van der Waals surface area contributed by atoms with Gasteiger partial charge in [0, 0.05) is 12.7 Å². The third kappa shape index (κ3) is 2.93. The average molecular weight is 370 g/mol. The second-order valence-corrected chi connectivity index (χ2v) is 5.65. The number of ether oxygens (including phenoxy) is 3. The minimum Gasteiger partial charge on any atom is -0.493 e. The molecule has 0 amide bonds. The monoisotopic (exact) mass is 370 g/mol. The molecule has 4 atom stereocenters. The van der Waals surface area contributed by atoms with Crippen molar-refractivity contribution in [2.75, 3.05) is 14.2 Å². The Balaban J connectivity index is 2.69. The molecule has 1 aliphatic rings. The number of rotatable bonds is 4. The molecule has 1 aliphatic heterocycles. The fraction of sp³-hybridized carbons (Fsp3) is 0.533. The summed E-state index contributed by atoms with van der Waals surface area (Å²) in [6.07, 6.45) is -8.80. The standard InChI is InChI=1S/C15H15F5O5/c1-14(15(18,19)20)12(24-3)8(11(25-14)13(21)22)6-4-5-7(16)9(17)10(6)23-2/h4-5,8,11-12H,1-3H3,(H,21,22)/t8-,11-,12+,14-/m1/s1. The van der Waals surface area contributed by atoms with Crippen LogP contribution in [0.3, 0.4) is 0 Å². The maximum Gasteiger partial charge on any atom is 0.419 e. The molecule has 1 aromatic rings. The van der Waals surface area contributed by atoms with Crippen LogP contribution in [0.5, 0.6) is 5.75 Å². The minimum absolute atomic E-state index is 0.298. The lowest BCUT2D eigenvalue weighted by Crippen LogP contribution is -2.51. The Morgan fingerprint density at radius 2 is 1.88 bits per heavy atom. The summed E-state index contributed by atoms with van der Waals surface area (Å²) in [6, 6.07) is 1.62. The van der Waals surface area contributed by atoms with Crippen molar-refractivity contribution in [3.63, 3.8) is 0 Å². The normalized spacial score (nSPS) is 29.7. The fourth-order valence-corrected chi connectivity index (χ4v) is 3.05. The first kappa shape index (κ1) is 19.4. The summed E-state index contributed by atoms with van der Waals surface area (Å²) in [5.74, 6) is -6.72. The number of methoxy groups -OCH3 is 2. The Morgan fingerprint density at radius 3 is 2.32 bits per heavy atom. The molecule has 25 heavy (non-hydrogen) atoms. The van der Waals surface area contributed by atoms with E-state index in [0.29, 0.717) is 13.0 Å². The van der Waals surface area contributed by atoms with Gasteiger partial charge in [-0.1, -0.05) is 6.07 Å². The number of aliphatic carboxylic acids is 1. The van der Waals surface area contributed by atoms with Gasteiger partial charge in [0.05, 0.1) is 13.0 Å². The van der Waals surface area contributed by atoms with Crippen LogP contribution in [0, 0.1) is 11.6 Å². The van der Waals surface area contributed by atoms with E-state index < -0.39 is 53.3 Å². The van der Waals surface area contributed by atoms with Gasteiger partial charge in [-0.3, -0.25) is 0 Å². The third-order valence-corrected chi connectivity index (χ3v) is 4.27. The molecular formula is C15H15F5O5. The molecule has 1 fully saturated rings. The van der Waals surface area contributed by atoms with E-state index in [1.165, 1.54) is 0 Å². The summed E-state index contributed by atoms with van der Waals surface area (Å²) in [5.41, 5.74) is -3.26. The number of hydrogen-bond donors (Lipinski definition) is 1. The predicted molar refractivity (Wildman–Crippen MR) is 73.4 cm³/mol. The van der Waals surface area contributed by atoms with Gasteiger partial charge in [-0.05, 0) is 13.0 Å². The molecule has 1 heterocycles. The lowest BCUT2D eigenvalue weighted by molar-refractivity contribution is -0.284. The molecule has 0 radical (unpaired) electrons. The Bertz CT molecular complexity index is 677. The number of alkyl halides is 3. The van der Waals surface area contributed by atoms with Gasteiger partial charge in [-0.15, -0.1) is 0 Å². The highest BCUT2D eigenvalue weighted by Gasteiger charge is 2.68. The lowest BCUT2D eigenvalue weighted by atomic mass is 9.83. The van der Waals surface area contributed by atoms with Gasteiger partial charge < -0.3 is 19.3 Å². The number of carboxylic acid groups (broad SMARTS) is 1. The Kier molecular flexibility index (Phi) is 4.97. The maximum absolute atomic E-state index is 14.0. The molecule has 0 saturated carbocycles. The molecule has 0 aliphatic carbocycles. The van der Waals surface area contributed by atoms with E-state index in [0.717, 1.165) is 20.3 Å². The Morgan fingerprint density at radius 1 is 1.28 bits per heavy atom. The zero-order chi connectivity index (χ0) is 19.2. The van der Waals surface area contributed by atoms with Crippen molar-refractivity contribution in [1.82, 2.24) is 0 Å². The summed E-state index contributed by atoms with van der Waals surface area (Å²) in [6.45, 7) is 0.642. The fourth-order valence-electron chi connectivity index (χ4n) is 3.05. The van der Waals surface area contributed by atoms with Crippen molar-refractivity contribution in [2.45, 2.75) is 36.8 Å². The van der Waals surface area contributed by atoms with Crippen LogP contribution in [0.1, 0.15) is 18.4 Å². The Labute approximate surface area is 139 Å². The van der Waals surface area contributed by atoms with Crippen molar-refractivity contribution in [3.05, 3.63) is 29.3 Å². The minimum atomic E-state index is -4.97. The van der Waals surface area contributed by atoms with Crippen molar-refractivity contribution >= 4 is 5.97 Å². The largest absolute Gasteiger partial charge is 0.493 e. The molecule has 0 spiro atoms. The van der Waals surface area contributed by atoms with E-state index in [9.17, 15) is 31.9 Å². The first-order valence-electron chi connectivity index (χ1n) is 7.01. The first-order valence-corrected chi connectivity index (χ1v) is 7.01. The summed E-state index contributed by atoms with van der Waals surface area (Å²) in [7, 11) is 1.93. The summed E-state index contributed by atoms with van der Waals surface area (Å²) >= 11 is 0. The average Bonchev–Trinajstić information content (AvgIpc) is 2.83. The summed E-state index contributed by atoms with van der Waals surface area (Å²) < 4.78 is 82.2. The zero-order valence-corrected chi connectivity index (χ0v) is 13.4. The number of halogens is 5. The van der Waals surface area contributed by atoms with Gasteiger partial charge in [-0.2, -0.15) is 17.6 Å². The molecule has 140 valence electrons. The van der Waals surface area contributed by atoms with E-state index in [1.54, 1.807) is 0 Å². The van der Waals surface area contributed by atoms with Crippen LogP contribution >= 0.6 is 0 Å². The molecule has 0 unspecified atom stereocenters. The molecule has 0 aromatic heterocycles. The van der Waals surface area contributed by atoms with Gasteiger partial charge in [0.25, 0.3) is 0 Å². The smallest absolute Gasteiger partial charge is 0.419 e. The maximum atomic E-state index is 14.0. The van der Waals surface area contributed by atoms with E-state index in [-0.39, 0.29) is 5.56 Å². The van der Waals surface area contributed by atoms with Crippen LogP contribution in [-0.4, -0.2) is 49.3 Å². The van der Waals surface area contributed by atoms with E-state index in [2.05, 4.69) is 0 Å². The molecule has 0 bridgehead atoms. The van der Waals surface area contributed by atoms with Crippen LogP contribution in [0.15, 0.2) is 12.1 Å². The van der Waals surface area contributed by atoms with Crippen LogP contribution in [0.25, 0.3) is 0 Å². The van der Waals surface area contributed by atoms with Crippen molar-refractivity contribution in [3.8, 4) is 5.75 Å². The topological polar surface area (TPSA) is 65.0 Å². The molecule has 1 aromatic carbocycles. The lowest BCUT2D eigenvalue weighted by Gasteiger charge is -2.33. The number of hydrogen-bond acceptors (Lipinski definition) is 4. The van der Waals surface area contributed by atoms with E-state index >= 15 is 0 Å². The molecule has 5 nitrogen and oxygen atoms in total. The van der Waals surface area contributed by atoms with Gasteiger partial charge >= 0.3 is 12.1 Å². The third-order valence-electron chi connectivity index (χ3n) is 4.27. The van der Waals surface area contributed by atoms with Crippen molar-refractivity contribution < 1.29 is 46.1 Å². The predicted octanol–water partition coefficient (Wildman–Crippen LogP) is 2.88. The highest BCUT2D eigenvalue weighted by molar-refractivity contribution is 5.75. The molecular weight excluding hydrogens is 355 g/mol. The highest BCUT2D eigenvalue weighted by atomic mass is 19.4. The number of benzene rings is 1. The number of carbonyl (C=O) groups is 1. The Hall–Kier alpha value is -1.94.